The van der Waals surface area contributed by atoms with E-state index in [-0.39, 0.29) is 42.2 Å². The van der Waals surface area contributed by atoms with Gasteiger partial charge in [-0.15, -0.1) is 24.2 Å². The molecule has 2 atom stereocenters. The Hall–Kier alpha value is -0.460. The van der Waals surface area contributed by atoms with Crippen molar-refractivity contribution in [1.82, 2.24) is 9.80 Å². The zero-order valence-electron chi connectivity index (χ0n) is 15.1. The van der Waals surface area contributed by atoms with Gasteiger partial charge < -0.3 is 15.5 Å². The number of nitrogens with two attached hydrogens (primary N) is 1. The first-order valence-corrected chi connectivity index (χ1v) is 9.96. The van der Waals surface area contributed by atoms with E-state index in [0.717, 1.165) is 37.9 Å². The summed E-state index contributed by atoms with van der Waals surface area (Å²) in [4.78, 5) is 29.0. The van der Waals surface area contributed by atoms with Crippen LogP contribution >= 0.6 is 24.2 Å². The van der Waals surface area contributed by atoms with Crippen molar-refractivity contribution in [2.75, 3.05) is 25.2 Å². The molecule has 0 aromatic carbocycles. The fourth-order valence-electron chi connectivity index (χ4n) is 3.31. The third-order valence-electron chi connectivity index (χ3n) is 5.19. The molecule has 0 spiro atoms. The maximum atomic E-state index is 12.7. The van der Waals surface area contributed by atoms with Crippen LogP contribution in [0.15, 0.2) is 0 Å². The van der Waals surface area contributed by atoms with Gasteiger partial charge in [0.25, 0.3) is 0 Å². The second kappa shape index (κ2) is 9.88. The monoisotopic (exact) mass is 377 g/mol. The molecular formula is C17H32ClN3O2S. The Bertz CT molecular complexity index is 430. The smallest absolute Gasteiger partial charge is 0.246 e. The minimum absolute atomic E-state index is 0. The van der Waals surface area contributed by atoms with Crippen molar-refractivity contribution in [1.29, 1.82) is 0 Å². The van der Waals surface area contributed by atoms with Gasteiger partial charge in [0.2, 0.25) is 11.8 Å². The summed E-state index contributed by atoms with van der Waals surface area (Å²) < 4.78 is 0. The molecule has 1 heterocycles. The molecule has 1 saturated heterocycles. The highest BCUT2D eigenvalue weighted by atomic mass is 35.5. The minimum Gasteiger partial charge on any atom is -0.344 e. The normalized spacial score (nSPS) is 22.5. The summed E-state index contributed by atoms with van der Waals surface area (Å²) >= 11 is 1.69. The topological polar surface area (TPSA) is 66.6 Å². The van der Waals surface area contributed by atoms with Gasteiger partial charge in [0, 0.05) is 31.3 Å². The molecule has 2 rings (SSSR count). The molecule has 24 heavy (non-hydrogen) atoms. The average Bonchev–Trinajstić information content (AvgIpc) is 3.21. The highest BCUT2D eigenvalue weighted by Crippen LogP contribution is 2.31. The van der Waals surface area contributed by atoms with Crippen LogP contribution in [-0.4, -0.2) is 58.9 Å². The van der Waals surface area contributed by atoms with Crippen molar-refractivity contribution in [3.63, 3.8) is 0 Å². The summed E-state index contributed by atoms with van der Waals surface area (Å²) in [5, 5.41) is 0. The Balaban J connectivity index is 0.00000288. The van der Waals surface area contributed by atoms with Crippen molar-refractivity contribution in [3.05, 3.63) is 0 Å². The van der Waals surface area contributed by atoms with Crippen molar-refractivity contribution in [2.24, 2.45) is 17.6 Å². The molecule has 140 valence electrons. The Labute approximate surface area is 156 Å². The van der Waals surface area contributed by atoms with Crippen LogP contribution in [0.25, 0.3) is 0 Å². The number of carbonyl (C=O) groups is 2. The Morgan fingerprint density at radius 2 is 1.92 bits per heavy atom. The summed E-state index contributed by atoms with van der Waals surface area (Å²) in [6, 6.07) is -0.173. The first kappa shape index (κ1) is 21.6. The molecule has 1 saturated carbocycles. The molecule has 2 amide bonds. The summed E-state index contributed by atoms with van der Waals surface area (Å²) in [7, 11) is 1.83. The van der Waals surface area contributed by atoms with Gasteiger partial charge >= 0.3 is 0 Å². The van der Waals surface area contributed by atoms with E-state index in [0.29, 0.717) is 18.3 Å². The molecule has 0 aromatic rings. The highest BCUT2D eigenvalue weighted by molar-refractivity contribution is 7.99. The van der Waals surface area contributed by atoms with Crippen molar-refractivity contribution >= 4 is 36.0 Å². The van der Waals surface area contributed by atoms with E-state index in [4.69, 9.17) is 5.73 Å². The summed E-state index contributed by atoms with van der Waals surface area (Å²) in [6.07, 6.45) is 5.06. The number of halogens is 1. The van der Waals surface area contributed by atoms with Gasteiger partial charge in [-0.05, 0) is 25.2 Å². The van der Waals surface area contributed by atoms with E-state index < -0.39 is 0 Å². The zero-order valence-corrected chi connectivity index (χ0v) is 16.7. The standard InChI is InChI=1S/C17H31N3O2S.ClH/c1-12(2)14(18)8-9-19(3)17(22)15-10-23-11-20(15)16(21)13-6-4-5-7-13;/h12-15H,4-11,18H2,1-3H3;1H. The predicted molar refractivity (Wildman–Crippen MR) is 102 cm³/mol. The lowest BCUT2D eigenvalue weighted by molar-refractivity contribution is -0.144. The summed E-state index contributed by atoms with van der Waals surface area (Å²) in [5.74, 6) is 2.20. The van der Waals surface area contributed by atoms with Crippen LogP contribution in [0.2, 0.25) is 0 Å². The van der Waals surface area contributed by atoms with Crippen molar-refractivity contribution in [3.8, 4) is 0 Å². The van der Waals surface area contributed by atoms with E-state index in [2.05, 4.69) is 13.8 Å². The maximum Gasteiger partial charge on any atom is 0.246 e. The second-order valence-corrected chi connectivity index (χ2v) is 8.26. The van der Waals surface area contributed by atoms with Crippen LogP contribution in [0.5, 0.6) is 0 Å². The molecule has 0 bridgehead atoms. The number of hydrogen-bond donors (Lipinski definition) is 1. The maximum absolute atomic E-state index is 12.7. The lowest BCUT2D eigenvalue weighted by Gasteiger charge is -2.29. The van der Waals surface area contributed by atoms with Gasteiger partial charge in [-0.3, -0.25) is 9.59 Å². The Morgan fingerprint density at radius 3 is 2.50 bits per heavy atom. The fraction of sp³-hybridized carbons (Fsp3) is 0.882. The minimum atomic E-state index is -0.284. The third-order valence-corrected chi connectivity index (χ3v) is 6.20. The summed E-state index contributed by atoms with van der Waals surface area (Å²) in [6.45, 7) is 4.86. The number of nitrogens with zero attached hydrogens (tertiary/aromatic N) is 2. The van der Waals surface area contributed by atoms with Gasteiger partial charge in [-0.25, -0.2) is 0 Å². The molecule has 0 aromatic heterocycles. The van der Waals surface area contributed by atoms with Gasteiger partial charge in [-0.2, -0.15) is 0 Å². The largest absolute Gasteiger partial charge is 0.344 e. The van der Waals surface area contributed by atoms with Crippen LogP contribution in [0.1, 0.15) is 46.0 Å². The van der Waals surface area contributed by atoms with E-state index >= 15 is 0 Å². The van der Waals surface area contributed by atoms with Crippen molar-refractivity contribution < 1.29 is 9.59 Å². The number of rotatable bonds is 6. The fourth-order valence-corrected chi connectivity index (χ4v) is 4.47. The molecule has 7 heteroatoms. The molecule has 2 N–H and O–H groups in total. The number of likely N-dealkylation sites (N-methyl/N-ethyl adjacent to an activating group) is 1. The molecule has 1 aliphatic carbocycles. The molecule has 2 unspecified atom stereocenters. The Kier molecular flexibility index (Phi) is 8.88. The van der Waals surface area contributed by atoms with E-state index in [9.17, 15) is 9.59 Å². The SMILES string of the molecule is CC(C)C(N)CCN(C)C(=O)C1CSCN1C(=O)C1CCCC1.Cl. The van der Waals surface area contributed by atoms with Gasteiger partial charge in [0.05, 0.1) is 5.88 Å². The summed E-state index contributed by atoms with van der Waals surface area (Å²) in [5.41, 5.74) is 6.07. The molecular weight excluding hydrogens is 346 g/mol. The predicted octanol–water partition coefficient (Wildman–Crippen LogP) is 2.33. The van der Waals surface area contributed by atoms with Gasteiger partial charge in [0.15, 0.2) is 0 Å². The van der Waals surface area contributed by atoms with Gasteiger partial charge in [0.1, 0.15) is 6.04 Å². The molecule has 5 nitrogen and oxygen atoms in total. The van der Waals surface area contributed by atoms with Crippen LogP contribution in [-0.2, 0) is 9.59 Å². The molecule has 2 fully saturated rings. The number of carbonyl (C=O) groups excluding carboxylic acids is 2. The van der Waals surface area contributed by atoms with Gasteiger partial charge in [-0.1, -0.05) is 26.7 Å². The van der Waals surface area contributed by atoms with Crippen LogP contribution in [0.3, 0.4) is 0 Å². The van der Waals surface area contributed by atoms with E-state index in [1.807, 2.05) is 11.9 Å². The quantitative estimate of drug-likeness (QED) is 0.771. The lowest BCUT2D eigenvalue weighted by atomic mass is 10.0. The lowest BCUT2D eigenvalue weighted by Crippen LogP contribution is -2.49. The molecule has 0 radical (unpaired) electrons. The molecule has 2 aliphatic rings. The van der Waals surface area contributed by atoms with Crippen molar-refractivity contribution in [2.45, 2.75) is 58.0 Å². The third kappa shape index (κ3) is 5.27. The number of amides is 2. The van der Waals surface area contributed by atoms with Crippen LogP contribution in [0.4, 0.5) is 0 Å². The zero-order chi connectivity index (χ0) is 17.0. The number of thioether (sulfide) groups is 1. The number of hydrogen-bond acceptors (Lipinski definition) is 4. The van der Waals surface area contributed by atoms with E-state index in [1.54, 1.807) is 16.7 Å². The Morgan fingerprint density at radius 1 is 1.29 bits per heavy atom. The van der Waals surface area contributed by atoms with Crippen LogP contribution < -0.4 is 5.73 Å². The second-order valence-electron chi connectivity index (χ2n) is 7.26. The highest BCUT2D eigenvalue weighted by Gasteiger charge is 2.39. The average molecular weight is 378 g/mol. The van der Waals surface area contributed by atoms with E-state index in [1.165, 1.54) is 0 Å². The first-order chi connectivity index (χ1) is 10.9. The van der Waals surface area contributed by atoms with Crippen LogP contribution in [0, 0.1) is 11.8 Å². The first-order valence-electron chi connectivity index (χ1n) is 8.80. The molecule has 1 aliphatic heterocycles.